The number of ketones is 2. The van der Waals surface area contributed by atoms with Gasteiger partial charge in [0.05, 0.1) is 17.2 Å². The number of carboxylic acid groups (broad SMARTS) is 1. The Morgan fingerprint density at radius 1 is 1.03 bits per heavy atom. The molecule has 3 aliphatic rings. The van der Waals surface area contributed by atoms with Crippen LogP contribution in [0.25, 0.3) is 11.1 Å². The molecule has 4 atom stereocenters. The molecule has 0 saturated heterocycles. The predicted molar refractivity (Wildman–Crippen MR) is 136 cm³/mol. The van der Waals surface area contributed by atoms with Gasteiger partial charge in [0, 0.05) is 11.5 Å². The fraction of sp³-hybridized carbons (Fsp3) is 0.286. The van der Waals surface area contributed by atoms with Crippen LogP contribution in [0.5, 0.6) is 5.75 Å². The monoisotopic (exact) mass is 534 g/mol. The Morgan fingerprint density at radius 2 is 1.67 bits per heavy atom. The number of fused-ring (bicyclic) bond motifs is 3. The molecule has 3 aliphatic carbocycles. The normalized spacial score (nSPS) is 26.3. The number of carbonyl (C=O) groups excluding carboxylic acids is 3. The second-order valence-electron chi connectivity index (χ2n) is 10.3. The van der Waals surface area contributed by atoms with Crippen LogP contribution in [0, 0.1) is 11.8 Å². The summed E-state index contributed by atoms with van der Waals surface area (Å²) in [4.78, 5) is 52.0. The predicted octanol–water partition coefficient (Wildman–Crippen LogP) is 1.49. The molecule has 11 heteroatoms. The van der Waals surface area contributed by atoms with Gasteiger partial charge in [0.15, 0.2) is 11.4 Å². The van der Waals surface area contributed by atoms with Crippen molar-refractivity contribution < 1.29 is 44.7 Å². The number of rotatable bonds is 4. The van der Waals surface area contributed by atoms with E-state index in [2.05, 4.69) is 0 Å². The number of primary amides is 1. The van der Waals surface area contributed by atoms with Crippen molar-refractivity contribution in [2.45, 2.75) is 24.5 Å². The third kappa shape index (κ3) is 3.57. The first-order chi connectivity index (χ1) is 18.3. The van der Waals surface area contributed by atoms with E-state index >= 15 is 0 Å². The lowest BCUT2D eigenvalue weighted by Gasteiger charge is -2.50. The van der Waals surface area contributed by atoms with Crippen molar-refractivity contribution in [2.24, 2.45) is 17.6 Å². The van der Waals surface area contributed by atoms with Gasteiger partial charge in [-0.1, -0.05) is 18.2 Å². The van der Waals surface area contributed by atoms with Crippen molar-refractivity contribution in [3.8, 4) is 16.9 Å². The third-order valence-corrected chi connectivity index (χ3v) is 8.05. The van der Waals surface area contributed by atoms with Crippen LogP contribution in [-0.2, 0) is 16.0 Å². The maximum atomic E-state index is 13.8. The molecule has 5 rings (SSSR count). The number of Topliss-reactive ketones (excluding diaryl/α,β-unsaturated/α-hetero) is 2. The minimum atomic E-state index is -2.70. The Labute approximate surface area is 222 Å². The fourth-order valence-electron chi connectivity index (χ4n) is 6.31. The molecule has 0 heterocycles. The topological polar surface area (TPSA) is 199 Å². The smallest absolute Gasteiger partial charge is 0.335 e. The van der Waals surface area contributed by atoms with E-state index in [1.807, 2.05) is 0 Å². The van der Waals surface area contributed by atoms with E-state index in [9.17, 15) is 44.7 Å². The van der Waals surface area contributed by atoms with Crippen molar-refractivity contribution in [1.82, 2.24) is 4.90 Å². The van der Waals surface area contributed by atoms with E-state index in [1.165, 1.54) is 23.1 Å². The van der Waals surface area contributed by atoms with Gasteiger partial charge in [-0.2, -0.15) is 0 Å². The molecule has 0 aromatic heterocycles. The number of benzene rings is 2. The Balaban J connectivity index is 1.70. The summed E-state index contributed by atoms with van der Waals surface area (Å²) in [5.41, 5.74) is 3.10. The second-order valence-corrected chi connectivity index (χ2v) is 10.3. The van der Waals surface area contributed by atoms with Crippen LogP contribution in [0.2, 0.25) is 0 Å². The molecule has 0 fully saturated rings. The van der Waals surface area contributed by atoms with E-state index in [0.717, 1.165) is 0 Å². The number of likely N-dealkylation sites (N-methyl/N-ethyl adjacent to an activating group) is 1. The number of aromatic hydroxyl groups is 1. The number of carbonyl (C=O) groups is 4. The van der Waals surface area contributed by atoms with Crippen LogP contribution >= 0.6 is 0 Å². The van der Waals surface area contributed by atoms with Crippen LogP contribution in [0.15, 0.2) is 59.1 Å². The van der Waals surface area contributed by atoms with Crippen LogP contribution in [0.3, 0.4) is 0 Å². The zero-order valence-electron chi connectivity index (χ0n) is 21.0. The maximum absolute atomic E-state index is 13.8. The summed E-state index contributed by atoms with van der Waals surface area (Å²) in [6.45, 7) is 0. The molecule has 0 unspecified atom stereocenters. The Morgan fingerprint density at radius 3 is 2.23 bits per heavy atom. The molecule has 2 aromatic rings. The molecule has 0 bridgehead atoms. The number of nitrogens with zero attached hydrogens (tertiary/aromatic N) is 1. The maximum Gasteiger partial charge on any atom is 0.335 e. The summed E-state index contributed by atoms with van der Waals surface area (Å²) in [7, 11) is 3.12. The van der Waals surface area contributed by atoms with E-state index in [-0.39, 0.29) is 35.3 Å². The van der Waals surface area contributed by atoms with Gasteiger partial charge >= 0.3 is 5.97 Å². The third-order valence-electron chi connectivity index (χ3n) is 8.05. The number of aromatic carboxylic acids is 1. The van der Waals surface area contributed by atoms with Crippen LogP contribution in [0.4, 0.5) is 0 Å². The zero-order chi connectivity index (χ0) is 28.5. The van der Waals surface area contributed by atoms with E-state index < -0.39 is 64.0 Å². The van der Waals surface area contributed by atoms with Gasteiger partial charge in [-0.25, -0.2) is 4.79 Å². The molecule has 0 radical (unpaired) electrons. The number of phenolic OH excluding ortho intramolecular Hbond substituents is 1. The number of aliphatic hydroxyl groups is 3. The minimum Gasteiger partial charge on any atom is -0.510 e. The number of nitrogens with two attached hydrogens (primary N) is 1. The molecule has 1 amide bonds. The molecule has 0 saturated carbocycles. The van der Waals surface area contributed by atoms with Gasteiger partial charge in [0.1, 0.15) is 22.8 Å². The first-order valence-corrected chi connectivity index (χ1v) is 12.1. The number of hydrogen-bond donors (Lipinski definition) is 6. The number of aliphatic hydroxyl groups excluding tert-OH is 2. The molecule has 2 aromatic carbocycles. The van der Waals surface area contributed by atoms with Crippen LogP contribution in [0.1, 0.15) is 32.7 Å². The Bertz CT molecular complexity index is 1540. The van der Waals surface area contributed by atoms with Crippen LogP contribution < -0.4 is 5.73 Å². The highest BCUT2D eigenvalue weighted by Gasteiger charge is 2.63. The molecule has 0 aliphatic heterocycles. The number of allylic oxidation sites excluding steroid dienone is 1. The van der Waals surface area contributed by atoms with Crippen molar-refractivity contribution in [3.05, 3.63) is 75.8 Å². The van der Waals surface area contributed by atoms with Gasteiger partial charge in [-0.3, -0.25) is 19.3 Å². The van der Waals surface area contributed by atoms with Gasteiger partial charge in [-0.15, -0.1) is 0 Å². The molecule has 39 heavy (non-hydrogen) atoms. The standard InChI is InChI=1S/C28H26N2O9/c1-30(2)21-16-10-13-9-15-14(11-3-5-12(6-4-11)27(37)38)7-8-17(31)19(15)22(32)18(13)24(34)28(16,39)25(35)20(23(21)33)26(29)36/h3-8,13,16,21,31,33-34,39H,9-10H2,1-2H3,(H2,29,36)(H,37,38)/t13-,16-,21-,28-/m0/s1. The van der Waals surface area contributed by atoms with Gasteiger partial charge in [0.2, 0.25) is 5.78 Å². The summed E-state index contributed by atoms with van der Waals surface area (Å²) in [6, 6.07) is 7.82. The van der Waals surface area contributed by atoms with Crippen molar-refractivity contribution in [2.75, 3.05) is 14.1 Å². The van der Waals surface area contributed by atoms with E-state index in [0.29, 0.717) is 16.7 Å². The van der Waals surface area contributed by atoms with Crippen molar-refractivity contribution >= 4 is 23.4 Å². The van der Waals surface area contributed by atoms with E-state index in [1.54, 1.807) is 32.3 Å². The average molecular weight is 535 g/mol. The zero-order valence-corrected chi connectivity index (χ0v) is 21.0. The number of phenols is 1. The fourth-order valence-corrected chi connectivity index (χ4v) is 6.31. The van der Waals surface area contributed by atoms with E-state index in [4.69, 9.17) is 5.73 Å². The highest BCUT2D eigenvalue weighted by Crippen LogP contribution is 2.53. The highest BCUT2D eigenvalue weighted by molar-refractivity contribution is 6.24. The average Bonchev–Trinajstić information content (AvgIpc) is 2.86. The molecule has 11 nitrogen and oxygen atoms in total. The first-order valence-electron chi connectivity index (χ1n) is 12.1. The van der Waals surface area contributed by atoms with Crippen molar-refractivity contribution in [1.29, 1.82) is 0 Å². The van der Waals surface area contributed by atoms with Crippen molar-refractivity contribution in [3.63, 3.8) is 0 Å². The lowest BCUT2D eigenvalue weighted by Crippen LogP contribution is -2.63. The van der Waals surface area contributed by atoms with Gasteiger partial charge in [0.25, 0.3) is 5.91 Å². The quantitative estimate of drug-likeness (QED) is 0.312. The number of amides is 1. The number of hydrogen-bond acceptors (Lipinski definition) is 9. The summed E-state index contributed by atoms with van der Waals surface area (Å²) < 4.78 is 0. The Kier molecular flexibility index (Phi) is 5.89. The lowest BCUT2D eigenvalue weighted by atomic mass is 9.58. The summed E-state index contributed by atoms with van der Waals surface area (Å²) in [5, 5.41) is 53.7. The highest BCUT2D eigenvalue weighted by atomic mass is 16.4. The summed E-state index contributed by atoms with van der Waals surface area (Å²) >= 11 is 0. The SMILES string of the molecule is CN(C)[C@@H]1C(O)=C(C(N)=O)C(=O)[C@@]2(O)C(O)=C3C(=O)c4c(O)ccc(-c5ccc(C(=O)O)cc5)c4C[C@H]3C[C@@H]12. The van der Waals surface area contributed by atoms with Gasteiger partial charge in [-0.05, 0) is 67.7 Å². The molecular weight excluding hydrogens is 508 g/mol. The molecular formula is C28H26N2O9. The summed E-state index contributed by atoms with van der Waals surface area (Å²) in [5.74, 6) is -8.25. The lowest BCUT2D eigenvalue weighted by molar-refractivity contribution is -0.148. The molecule has 202 valence electrons. The largest absolute Gasteiger partial charge is 0.510 e. The molecule has 7 N–H and O–H groups in total. The van der Waals surface area contributed by atoms with Crippen LogP contribution in [-0.4, -0.2) is 79.6 Å². The van der Waals surface area contributed by atoms with Gasteiger partial charge < -0.3 is 31.3 Å². The first kappa shape index (κ1) is 26.1. The second kappa shape index (κ2) is 8.79. The number of carboxylic acids is 1. The molecule has 0 spiro atoms. The summed E-state index contributed by atoms with van der Waals surface area (Å²) in [6.07, 6.45) is 0.0950. The minimum absolute atomic E-state index is 0.0290. The Hall–Kier alpha value is -4.48.